The van der Waals surface area contributed by atoms with Crippen molar-refractivity contribution >= 4 is 15.7 Å². The lowest BCUT2D eigenvalue weighted by molar-refractivity contribution is 0.0587. The van der Waals surface area contributed by atoms with Crippen LogP contribution in [0.3, 0.4) is 0 Å². The van der Waals surface area contributed by atoms with E-state index in [1.165, 1.54) is 0 Å². The molecule has 2 heterocycles. The highest BCUT2D eigenvalue weighted by Gasteiger charge is 2.34. The molecule has 2 aliphatic rings. The third-order valence-electron chi connectivity index (χ3n) is 4.98. The van der Waals surface area contributed by atoms with Crippen molar-refractivity contribution in [1.29, 1.82) is 0 Å². The number of aryl methyl sites for hydroxylation is 1. The summed E-state index contributed by atoms with van der Waals surface area (Å²) >= 11 is 0. The van der Waals surface area contributed by atoms with Crippen LogP contribution in [0.5, 0.6) is 5.75 Å². The Morgan fingerprint density at radius 3 is 2.50 bits per heavy atom. The van der Waals surface area contributed by atoms with Crippen LogP contribution in [0, 0.1) is 6.92 Å². The van der Waals surface area contributed by atoms with Crippen molar-refractivity contribution in [2.45, 2.75) is 19.4 Å². The molecule has 1 atom stereocenters. The maximum Gasteiger partial charge on any atom is 0.254 e. The average Bonchev–Trinajstić information content (AvgIpc) is 2.95. The molecule has 0 radical (unpaired) electrons. The van der Waals surface area contributed by atoms with Gasteiger partial charge in [0.15, 0.2) is 9.84 Å². The summed E-state index contributed by atoms with van der Waals surface area (Å²) in [5, 5.41) is 0. The number of ether oxygens (including phenoxy) is 1. The first-order valence-corrected chi connectivity index (χ1v) is 10.1. The van der Waals surface area contributed by atoms with Gasteiger partial charge in [-0.25, -0.2) is 8.42 Å². The molecule has 7 heteroatoms. The average molecular weight is 352 g/mol. The van der Waals surface area contributed by atoms with E-state index in [2.05, 4.69) is 4.90 Å². The molecule has 0 N–H and O–H groups in total. The smallest absolute Gasteiger partial charge is 0.254 e. The quantitative estimate of drug-likeness (QED) is 0.810. The van der Waals surface area contributed by atoms with Crippen LogP contribution in [0.2, 0.25) is 0 Å². The lowest BCUT2D eigenvalue weighted by atomic mass is 10.1. The molecule has 2 fully saturated rings. The molecule has 2 aliphatic heterocycles. The van der Waals surface area contributed by atoms with E-state index in [4.69, 9.17) is 4.74 Å². The first kappa shape index (κ1) is 17.2. The summed E-state index contributed by atoms with van der Waals surface area (Å²) in [6.07, 6.45) is 0.714. The van der Waals surface area contributed by atoms with Crippen LogP contribution < -0.4 is 4.74 Å². The van der Waals surface area contributed by atoms with Crippen LogP contribution in [0.25, 0.3) is 0 Å². The zero-order valence-corrected chi connectivity index (χ0v) is 15.0. The third kappa shape index (κ3) is 3.57. The standard InChI is InChI=1S/C17H24N2O4S/c1-13-3-4-14(11-16(13)23-2)17(20)19-8-6-18(7-9-19)15-5-10-24(21,22)12-15/h3-4,11,15H,5-10,12H2,1-2H3/t15-/m1/s1. The van der Waals surface area contributed by atoms with Crippen LogP contribution in [-0.4, -0.2) is 75.0 Å². The number of hydrogen-bond acceptors (Lipinski definition) is 5. The second kappa shape index (κ2) is 6.72. The van der Waals surface area contributed by atoms with Crippen molar-refractivity contribution < 1.29 is 17.9 Å². The first-order valence-electron chi connectivity index (χ1n) is 8.28. The monoisotopic (exact) mass is 352 g/mol. The predicted molar refractivity (Wildman–Crippen MR) is 92.3 cm³/mol. The largest absolute Gasteiger partial charge is 0.496 e. The lowest BCUT2D eigenvalue weighted by Gasteiger charge is -2.37. The van der Waals surface area contributed by atoms with Crippen molar-refractivity contribution in [2.75, 3.05) is 44.8 Å². The molecule has 3 rings (SSSR count). The van der Waals surface area contributed by atoms with E-state index in [1.54, 1.807) is 13.2 Å². The summed E-state index contributed by atoms with van der Waals surface area (Å²) in [5.41, 5.74) is 1.63. The van der Waals surface area contributed by atoms with Crippen LogP contribution in [0.4, 0.5) is 0 Å². The van der Waals surface area contributed by atoms with E-state index in [-0.39, 0.29) is 17.7 Å². The molecular weight excluding hydrogens is 328 g/mol. The first-order chi connectivity index (χ1) is 11.4. The van der Waals surface area contributed by atoms with E-state index in [0.29, 0.717) is 30.8 Å². The van der Waals surface area contributed by atoms with E-state index >= 15 is 0 Å². The molecule has 0 bridgehead atoms. The Morgan fingerprint density at radius 2 is 1.92 bits per heavy atom. The summed E-state index contributed by atoms with van der Waals surface area (Å²) in [5.74, 6) is 1.28. The number of methoxy groups -OCH3 is 1. The Hall–Kier alpha value is -1.60. The van der Waals surface area contributed by atoms with Crippen LogP contribution in [0.1, 0.15) is 22.3 Å². The van der Waals surface area contributed by atoms with Gasteiger partial charge in [0, 0.05) is 37.8 Å². The van der Waals surface area contributed by atoms with E-state index in [0.717, 1.165) is 24.4 Å². The van der Waals surface area contributed by atoms with Crippen molar-refractivity contribution in [3.05, 3.63) is 29.3 Å². The van der Waals surface area contributed by atoms with Crippen molar-refractivity contribution in [1.82, 2.24) is 9.80 Å². The number of nitrogens with zero attached hydrogens (tertiary/aromatic N) is 2. The van der Waals surface area contributed by atoms with Gasteiger partial charge in [-0.1, -0.05) is 6.07 Å². The topological polar surface area (TPSA) is 66.9 Å². The highest BCUT2D eigenvalue weighted by Crippen LogP contribution is 2.22. The Labute approximate surface area is 143 Å². The fourth-order valence-electron chi connectivity index (χ4n) is 3.49. The molecule has 6 nitrogen and oxygen atoms in total. The Balaban J connectivity index is 1.61. The fourth-order valence-corrected chi connectivity index (χ4v) is 5.25. The molecule has 0 spiro atoms. The van der Waals surface area contributed by atoms with Crippen LogP contribution in [0.15, 0.2) is 18.2 Å². The van der Waals surface area contributed by atoms with Crippen LogP contribution >= 0.6 is 0 Å². The number of amides is 1. The Bertz CT molecular complexity index is 724. The summed E-state index contributed by atoms with van der Waals surface area (Å²) in [4.78, 5) is 16.7. The van der Waals surface area contributed by atoms with Crippen LogP contribution in [-0.2, 0) is 9.84 Å². The van der Waals surface area contributed by atoms with Gasteiger partial charge < -0.3 is 9.64 Å². The van der Waals surface area contributed by atoms with Gasteiger partial charge in [0.1, 0.15) is 5.75 Å². The maximum absolute atomic E-state index is 12.7. The maximum atomic E-state index is 12.7. The van der Waals surface area contributed by atoms with Crippen molar-refractivity contribution in [3.63, 3.8) is 0 Å². The number of carbonyl (C=O) groups excluding carboxylic acids is 1. The summed E-state index contributed by atoms with van der Waals surface area (Å²) < 4.78 is 28.5. The van der Waals surface area contributed by atoms with Gasteiger partial charge in [-0.05, 0) is 31.0 Å². The number of sulfone groups is 1. The minimum Gasteiger partial charge on any atom is -0.496 e. The molecule has 0 aromatic heterocycles. The van der Waals surface area contributed by atoms with E-state index < -0.39 is 9.84 Å². The molecular formula is C17H24N2O4S. The molecule has 0 unspecified atom stereocenters. The minimum atomic E-state index is -2.87. The van der Waals surface area contributed by atoms with Gasteiger partial charge >= 0.3 is 0 Å². The van der Waals surface area contributed by atoms with Crippen molar-refractivity contribution in [3.8, 4) is 5.75 Å². The molecule has 0 saturated carbocycles. The molecule has 1 aromatic carbocycles. The molecule has 132 valence electrons. The molecule has 0 aliphatic carbocycles. The molecule has 1 aromatic rings. The normalized spacial score (nSPS) is 24.1. The highest BCUT2D eigenvalue weighted by molar-refractivity contribution is 7.91. The Morgan fingerprint density at radius 1 is 1.21 bits per heavy atom. The molecule has 24 heavy (non-hydrogen) atoms. The summed E-state index contributed by atoms with van der Waals surface area (Å²) in [7, 11) is -1.26. The zero-order valence-electron chi connectivity index (χ0n) is 14.2. The van der Waals surface area contributed by atoms with E-state index in [1.807, 2.05) is 24.0 Å². The van der Waals surface area contributed by atoms with Gasteiger partial charge in [0.2, 0.25) is 0 Å². The third-order valence-corrected chi connectivity index (χ3v) is 6.73. The molecule has 1 amide bonds. The summed E-state index contributed by atoms with van der Waals surface area (Å²) in [6.45, 7) is 4.67. The number of piperazine rings is 1. The number of rotatable bonds is 3. The van der Waals surface area contributed by atoms with Gasteiger partial charge in [-0.3, -0.25) is 9.69 Å². The lowest BCUT2D eigenvalue weighted by Crippen LogP contribution is -2.52. The number of benzene rings is 1. The fraction of sp³-hybridized carbons (Fsp3) is 0.588. The van der Waals surface area contributed by atoms with Gasteiger partial charge in [0.25, 0.3) is 5.91 Å². The SMILES string of the molecule is COc1cc(C(=O)N2CCN([C@@H]3CCS(=O)(=O)C3)CC2)ccc1C. The number of hydrogen-bond donors (Lipinski definition) is 0. The second-order valence-corrected chi connectivity index (χ2v) is 8.80. The van der Waals surface area contributed by atoms with E-state index in [9.17, 15) is 13.2 Å². The predicted octanol–water partition coefficient (Wildman–Crippen LogP) is 0.949. The number of carbonyl (C=O) groups is 1. The highest BCUT2D eigenvalue weighted by atomic mass is 32.2. The molecule has 2 saturated heterocycles. The zero-order chi connectivity index (χ0) is 17.3. The summed E-state index contributed by atoms with van der Waals surface area (Å²) in [6, 6.07) is 5.63. The second-order valence-electron chi connectivity index (χ2n) is 6.57. The van der Waals surface area contributed by atoms with Gasteiger partial charge in [-0.15, -0.1) is 0 Å². The Kier molecular flexibility index (Phi) is 4.83. The van der Waals surface area contributed by atoms with Gasteiger partial charge in [0.05, 0.1) is 18.6 Å². The van der Waals surface area contributed by atoms with Gasteiger partial charge in [-0.2, -0.15) is 0 Å². The van der Waals surface area contributed by atoms with Crippen molar-refractivity contribution in [2.24, 2.45) is 0 Å². The minimum absolute atomic E-state index is 0.00648.